The van der Waals surface area contributed by atoms with E-state index in [2.05, 4.69) is 0 Å². The van der Waals surface area contributed by atoms with E-state index >= 15 is 0 Å². The fourth-order valence-electron chi connectivity index (χ4n) is 1.78. The SMILES string of the molecule is O=[C]c1ccccc1-c1cccc([C]=O)c1[C]=O. The molecular weight excluding hydrogens is 228 g/mol. The normalized spacial score (nSPS) is 9.78. The zero-order valence-corrected chi connectivity index (χ0v) is 9.27. The first-order valence-electron chi connectivity index (χ1n) is 5.18. The Morgan fingerprint density at radius 1 is 0.611 bits per heavy atom. The molecule has 0 aliphatic rings. The van der Waals surface area contributed by atoms with Gasteiger partial charge in [-0.1, -0.05) is 42.5 Å². The second-order valence-electron chi connectivity index (χ2n) is 3.58. The van der Waals surface area contributed by atoms with E-state index in [1.54, 1.807) is 55.3 Å². The van der Waals surface area contributed by atoms with Gasteiger partial charge >= 0.3 is 0 Å². The van der Waals surface area contributed by atoms with E-state index in [-0.39, 0.29) is 11.1 Å². The molecule has 0 aromatic heterocycles. The standard InChI is InChI=1S/C15H7O3/c16-8-11-4-1-2-6-13(11)14-7-3-5-12(9-17)15(14)10-18/h1-7H. The van der Waals surface area contributed by atoms with Gasteiger partial charge in [-0.2, -0.15) is 0 Å². The molecule has 0 fully saturated rings. The Bertz CT molecular complexity index is 615. The zero-order valence-electron chi connectivity index (χ0n) is 9.27. The topological polar surface area (TPSA) is 51.2 Å². The van der Waals surface area contributed by atoms with Gasteiger partial charge in [0.15, 0.2) is 0 Å². The quantitative estimate of drug-likeness (QED) is 0.810. The monoisotopic (exact) mass is 235 g/mol. The average Bonchev–Trinajstić information content (AvgIpc) is 2.46. The van der Waals surface area contributed by atoms with Crippen molar-refractivity contribution < 1.29 is 14.4 Å². The summed E-state index contributed by atoms with van der Waals surface area (Å²) < 4.78 is 0. The van der Waals surface area contributed by atoms with Gasteiger partial charge < -0.3 is 0 Å². The van der Waals surface area contributed by atoms with Crippen LogP contribution in [-0.4, -0.2) is 18.9 Å². The van der Waals surface area contributed by atoms with Gasteiger partial charge in [-0.15, -0.1) is 0 Å². The maximum absolute atomic E-state index is 11.0. The third-order valence-electron chi connectivity index (χ3n) is 2.60. The van der Waals surface area contributed by atoms with Crippen LogP contribution in [0, 0.1) is 0 Å². The van der Waals surface area contributed by atoms with Gasteiger partial charge in [-0.3, -0.25) is 14.4 Å². The molecule has 85 valence electrons. The summed E-state index contributed by atoms with van der Waals surface area (Å²) in [6.07, 6.45) is 5.21. The van der Waals surface area contributed by atoms with Crippen molar-refractivity contribution in [1.82, 2.24) is 0 Å². The van der Waals surface area contributed by atoms with Gasteiger partial charge in [-0.05, 0) is 11.1 Å². The van der Waals surface area contributed by atoms with Crippen LogP contribution < -0.4 is 0 Å². The molecule has 0 saturated heterocycles. The predicted octanol–water partition coefficient (Wildman–Crippen LogP) is 1.73. The van der Waals surface area contributed by atoms with Crippen LogP contribution >= 0.6 is 0 Å². The summed E-state index contributed by atoms with van der Waals surface area (Å²) in [5.74, 6) is 0. The summed E-state index contributed by atoms with van der Waals surface area (Å²) in [7, 11) is 0. The van der Waals surface area contributed by atoms with Crippen LogP contribution in [0.15, 0.2) is 42.5 Å². The van der Waals surface area contributed by atoms with Crippen LogP contribution in [0.4, 0.5) is 0 Å². The van der Waals surface area contributed by atoms with Crippen molar-refractivity contribution in [2.75, 3.05) is 0 Å². The van der Waals surface area contributed by atoms with Gasteiger partial charge in [0.1, 0.15) is 0 Å². The highest BCUT2D eigenvalue weighted by Crippen LogP contribution is 2.26. The highest BCUT2D eigenvalue weighted by atomic mass is 16.1. The smallest absolute Gasteiger partial charge is 0.234 e. The maximum Gasteiger partial charge on any atom is 0.234 e. The van der Waals surface area contributed by atoms with Crippen molar-refractivity contribution in [3.05, 3.63) is 59.2 Å². The Labute approximate surface area is 104 Å². The van der Waals surface area contributed by atoms with Crippen molar-refractivity contribution in [2.24, 2.45) is 0 Å². The molecule has 0 aliphatic carbocycles. The lowest BCUT2D eigenvalue weighted by molar-refractivity contribution is 0.558. The van der Waals surface area contributed by atoms with E-state index in [1.807, 2.05) is 0 Å². The lowest BCUT2D eigenvalue weighted by atomic mass is 9.94. The van der Waals surface area contributed by atoms with Gasteiger partial charge in [0.05, 0.1) is 0 Å². The van der Waals surface area contributed by atoms with E-state index in [9.17, 15) is 14.4 Å². The first-order valence-corrected chi connectivity index (χ1v) is 5.18. The zero-order chi connectivity index (χ0) is 13.0. The molecule has 2 aromatic rings. The number of hydrogen-bond acceptors (Lipinski definition) is 3. The third kappa shape index (κ3) is 1.98. The minimum absolute atomic E-state index is 0.107. The Kier molecular flexibility index (Phi) is 3.44. The molecule has 0 unspecified atom stereocenters. The summed E-state index contributed by atoms with van der Waals surface area (Å²) in [5, 5.41) is 0. The molecule has 3 heteroatoms. The van der Waals surface area contributed by atoms with Crippen LogP contribution in [0.25, 0.3) is 11.1 Å². The lowest BCUT2D eigenvalue weighted by Gasteiger charge is -2.08. The number of hydrogen-bond donors (Lipinski definition) is 0. The van der Waals surface area contributed by atoms with Crippen molar-refractivity contribution in [3.8, 4) is 11.1 Å². The molecule has 0 bridgehead atoms. The summed E-state index contributed by atoms with van der Waals surface area (Å²) in [4.78, 5) is 32.6. The van der Waals surface area contributed by atoms with Gasteiger partial charge in [0.25, 0.3) is 0 Å². The molecule has 0 saturated carbocycles. The molecule has 0 heterocycles. The molecule has 0 N–H and O–H groups in total. The summed E-state index contributed by atoms with van der Waals surface area (Å²) >= 11 is 0. The molecule has 3 radical (unpaired) electrons. The highest BCUT2D eigenvalue weighted by Gasteiger charge is 2.13. The Balaban J connectivity index is 2.74. The first-order chi connectivity index (χ1) is 8.81. The van der Waals surface area contributed by atoms with E-state index in [0.717, 1.165) is 0 Å². The predicted molar refractivity (Wildman–Crippen MR) is 66.3 cm³/mol. The molecule has 0 aliphatic heterocycles. The molecule has 2 rings (SSSR count). The molecular formula is C15H7O3. The molecule has 0 atom stereocenters. The third-order valence-corrected chi connectivity index (χ3v) is 2.60. The molecule has 0 spiro atoms. The summed E-state index contributed by atoms with van der Waals surface area (Å²) in [6.45, 7) is 0. The Morgan fingerprint density at radius 2 is 1.22 bits per heavy atom. The Hall–Kier alpha value is -2.55. The van der Waals surface area contributed by atoms with Crippen LogP contribution in [0.1, 0.15) is 16.7 Å². The van der Waals surface area contributed by atoms with Crippen LogP contribution in [0.2, 0.25) is 0 Å². The maximum atomic E-state index is 11.0. The molecule has 0 amide bonds. The number of benzene rings is 2. The van der Waals surface area contributed by atoms with E-state index in [0.29, 0.717) is 16.7 Å². The van der Waals surface area contributed by atoms with Gasteiger partial charge in [0, 0.05) is 16.7 Å². The van der Waals surface area contributed by atoms with Gasteiger partial charge in [0.2, 0.25) is 18.9 Å². The van der Waals surface area contributed by atoms with E-state index < -0.39 is 0 Å². The lowest BCUT2D eigenvalue weighted by Crippen LogP contribution is -1.97. The van der Waals surface area contributed by atoms with Crippen LogP contribution in [0.3, 0.4) is 0 Å². The highest BCUT2D eigenvalue weighted by molar-refractivity contribution is 6.00. The second kappa shape index (κ2) is 5.19. The van der Waals surface area contributed by atoms with Gasteiger partial charge in [-0.25, -0.2) is 0 Å². The summed E-state index contributed by atoms with van der Waals surface area (Å²) in [6, 6.07) is 11.5. The van der Waals surface area contributed by atoms with E-state index in [4.69, 9.17) is 0 Å². The summed E-state index contributed by atoms with van der Waals surface area (Å²) in [5.41, 5.74) is 1.59. The van der Waals surface area contributed by atoms with Crippen molar-refractivity contribution >= 4 is 18.9 Å². The van der Waals surface area contributed by atoms with Crippen LogP contribution in [-0.2, 0) is 14.4 Å². The molecule has 2 aromatic carbocycles. The minimum Gasteiger partial charge on any atom is -0.285 e. The van der Waals surface area contributed by atoms with Crippen molar-refractivity contribution in [3.63, 3.8) is 0 Å². The fraction of sp³-hybridized carbons (Fsp3) is 0. The van der Waals surface area contributed by atoms with Crippen molar-refractivity contribution in [2.45, 2.75) is 0 Å². The molecule has 3 nitrogen and oxygen atoms in total. The van der Waals surface area contributed by atoms with E-state index in [1.165, 1.54) is 6.07 Å². The Morgan fingerprint density at radius 3 is 1.89 bits per heavy atom. The fourth-order valence-corrected chi connectivity index (χ4v) is 1.78. The first kappa shape index (κ1) is 11.9. The molecule has 18 heavy (non-hydrogen) atoms. The second-order valence-corrected chi connectivity index (χ2v) is 3.58. The minimum atomic E-state index is 0.107. The van der Waals surface area contributed by atoms with Crippen molar-refractivity contribution in [1.29, 1.82) is 0 Å². The number of rotatable bonds is 4. The largest absolute Gasteiger partial charge is 0.285 e. The number of carbonyl (C=O) groups excluding carboxylic acids is 3. The average molecular weight is 235 g/mol. The van der Waals surface area contributed by atoms with Crippen LogP contribution in [0.5, 0.6) is 0 Å².